The zero-order valence-corrected chi connectivity index (χ0v) is 19.5. The Morgan fingerprint density at radius 1 is 0.722 bits per heavy atom. The van der Waals surface area contributed by atoms with Crippen molar-refractivity contribution in [2.24, 2.45) is 0 Å². The first-order valence-electron chi connectivity index (χ1n) is 10.9. The van der Waals surface area contributed by atoms with E-state index in [1.165, 1.54) is 0 Å². The second kappa shape index (κ2) is 13.1. The Labute approximate surface area is 207 Å². The van der Waals surface area contributed by atoms with Crippen molar-refractivity contribution in [3.8, 4) is 17.2 Å². The minimum atomic E-state index is -0.727. The third kappa shape index (κ3) is 8.17. The summed E-state index contributed by atoms with van der Waals surface area (Å²) in [5.41, 5.74) is 5.24. The molecule has 0 heterocycles. The minimum absolute atomic E-state index is 0.134. The number of amides is 3. The first-order valence-corrected chi connectivity index (χ1v) is 10.9. The van der Waals surface area contributed by atoms with Gasteiger partial charge in [-0.1, -0.05) is 30.3 Å². The van der Waals surface area contributed by atoms with Crippen LogP contribution in [0.25, 0.3) is 0 Å². The van der Waals surface area contributed by atoms with Crippen LogP contribution in [-0.2, 0) is 19.1 Å². The molecule has 0 fully saturated rings. The Kier molecular flexibility index (Phi) is 9.40. The molecule has 0 unspecified atom stereocenters. The summed E-state index contributed by atoms with van der Waals surface area (Å²) in [4.78, 5) is 47.6. The molecule has 0 spiro atoms. The highest BCUT2D eigenvalue weighted by atomic mass is 16.5. The van der Waals surface area contributed by atoms with Gasteiger partial charge in [-0.05, 0) is 48.5 Å². The van der Waals surface area contributed by atoms with Crippen molar-refractivity contribution < 1.29 is 33.4 Å². The smallest absolute Gasteiger partial charge is 0.306 e. The van der Waals surface area contributed by atoms with Gasteiger partial charge in [-0.25, -0.2) is 0 Å². The first-order chi connectivity index (χ1) is 17.4. The number of esters is 1. The average Bonchev–Trinajstić information content (AvgIpc) is 2.91. The fourth-order valence-electron chi connectivity index (χ4n) is 2.92. The van der Waals surface area contributed by atoms with Crippen molar-refractivity contribution >= 4 is 29.4 Å². The topological polar surface area (TPSA) is 132 Å². The summed E-state index contributed by atoms with van der Waals surface area (Å²) in [7, 11) is 1.55. The highest BCUT2D eigenvalue weighted by Crippen LogP contribution is 2.31. The fourth-order valence-corrected chi connectivity index (χ4v) is 2.92. The van der Waals surface area contributed by atoms with E-state index >= 15 is 0 Å². The van der Waals surface area contributed by atoms with Gasteiger partial charge in [0.15, 0.2) is 18.1 Å². The van der Waals surface area contributed by atoms with E-state index in [2.05, 4.69) is 16.2 Å². The average molecular weight is 492 g/mol. The van der Waals surface area contributed by atoms with E-state index in [1.54, 1.807) is 73.8 Å². The number of methoxy groups -OCH3 is 1. The maximum atomic E-state index is 12.1. The molecule has 10 nitrogen and oxygen atoms in total. The van der Waals surface area contributed by atoms with Gasteiger partial charge in [0.2, 0.25) is 5.91 Å². The number of hydrazine groups is 1. The van der Waals surface area contributed by atoms with Gasteiger partial charge in [-0.2, -0.15) is 0 Å². The number of anilines is 1. The molecule has 0 aliphatic rings. The predicted molar refractivity (Wildman–Crippen MR) is 130 cm³/mol. The molecule has 10 heteroatoms. The van der Waals surface area contributed by atoms with Crippen molar-refractivity contribution in [2.45, 2.75) is 12.8 Å². The normalized spacial score (nSPS) is 10.0. The van der Waals surface area contributed by atoms with E-state index in [1.807, 2.05) is 12.1 Å². The number of hydrogen-bond acceptors (Lipinski definition) is 7. The van der Waals surface area contributed by atoms with E-state index < -0.39 is 30.3 Å². The Morgan fingerprint density at radius 2 is 1.39 bits per heavy atom. The highest BCUT2D eigenvalue weighted by molar-refractivity contribution is 5.95. The number of rotatable bonds is 10. The summed E-state index contributed by atoms with van der Waals surface area (Å²) in [6.45, 7) is -0.594. The first kappa shape index (κ1) is 25.8. The third-order valence-corrected chi connectivity index (χ3v) is 4.71. The molecule has 36 heavy (non-hydrogen) atoms. The van der Waals surface area contributed by atoms with Crippen molar-refractivity contribution in [3.63, 3.8) is 0 Å². The minimum Gasteiger partial charge on any atom is -0.493 e. The van der Waals surface area contributed by atoms with E-state index in [-0.39, 0.29) is 12.8 Å². The summed E-state index contributed by atoms with van der Waals surface area (Å²) in [6.07, 6.45) is -0.352. The van der Waals surface area contributed by atoms with Gasteiger partial charge in [0.05, 0.1) is 13.5 Å². The Bertz CT molecular complexity index is 1200. The molecular formula is C26H25N3O7. The van der Waals surface area contributed by atoms with E-state index in [4.69, 9.17) is 14.2 Å². The molecule has 0 aliphatic heterocycles. The Morgan fingerprint density at radius 3 is 2.08 bits per heavy atom. The van der Waals surface area contributed by atoms with Gasteiger partial charge in [0.25, 0.3) is 11.8 Å². The Hall–Kier alpha value is -4.86. The van der Waals surface area contributed by atoms with Crippen LogP contribution >= 0.6 is 0 Å². The molecule has 0 bridgehead atoms. The van der Waals surface area contributed by atoms with Gasteiger partial charge in [-0.15, -0.1) is 0 Å². The highest BCUT2D eigenvalue weighted by Gasteiger charge is 2.12. The maximum absolute atomic E-state index is 12.1. The van der Waals surface area contributed by atoms with Crippen LogP contribution < -0.4 is 25.6 Å². The van der Waals surface area contributed by atoms with Crippen molar-refractivity contribution in [2.75, 3.05) is 19.0 Å². The lowest BCUT2D eigenvalue weighted by molar-refractivity contribution is -0.149. The molecule has 0 saturated carbocycles. The second-order valence-corrected chi connectivity index (χ2v) is 7.35. The number of para-hydroxylation sites is 2. The quantitative estimate of drug-likeness (QED) is 0.293. The molecule has 3 aromatic rings. The molecule has 3 amide bonds. The van der Waals surface area contributed by atoms with Crippen LogP contribution in [0.15, 0.2) is 78.9 Å². The molecule has 0 aromatic heterocycles. The zero-order chi connectivity index (χ0) is 25.8. The summed E-state index contributed by atoms with van der Waals surface area (Å²) < 4.78 is 15.9. The lowest BCUT2D eigenvalue weighted by Gasteiger charge is -2.11. The van der Waals surface area contributed by atoms with Gasteiger partial charge in [0, 0.05) is 17.7 Å². The van der Waals surface area contributed by atoms with Gasteiger partial charge in [0.1, 0.15) is 5.75 Å². The summed E-state index contributed by atoms with van der Waals surface area (Å²) >= 11 is 0. The summed E-state index contributed by atoms with van der Waals surface area (Å²) in [6, 6.07) is 22.2. The fraction of sp³-hybridized carbons (Fsp3) is 0.154. The second-order valence-electron chi connectivity index (χ2n) is 7.35. The van der Waals surface area contributed by atoms with Crippen molar-refractivity contribution in [1.29, 1.82) is 0 Å². The lowest BCUT2D eigenvalue weighted by Crippen LogP contribution is -2.43. The maximum Gasteiger partial charge on any atom is 0.306 e. The number of hydrogen-bond donors (Lipinski definition) is 3. The summed E-state index contributed by atoms with van der Waals surface area (Å²) in [5, 5.41) is 2.67. The lowest BCUT2D eigenvalue weighted by atomic mass is 10.2. The predicted octanol–water partition coefficient (Wildman–Crippen LogP) is 3.21. The van der Waals surface area contributed by atoms with Crippen LogP contribution in [0.1, 0.15) is 23.2 Å². The summed E-state index contributed by atoms with van der Waals surface area (Å²) in [5.74, 6) is -0.642. The van der Waals surface area contributed by atoms with E-state index in [0.29, 0.717) is 28.5 Å². The van der Waals surface area contributed by atoms with Gasteiger partial charge >= 0.3 is 5.97 Å². The molecular weight excluding hydrogens is 466 g/mol. The largest absolute Gasteiger partial charge is 0.493 e. The number of ether oxygens (including phenoxy) is 3. The molecule has 0 radical (unpaired) electrons. The number of benzene rings is 3. The monoisotopic (exact) mass is 491 g/mol. The number of carbonyl (C=O) groups is 4. The van der Waals surface area contributed by atoms with E-state index in [0.717, 1.165) is 0 Å². The number of nitrogens with one attached hydrogen (secondary N) is 3. The molecule has 0 atom stereocenters. The van der Waals surface area contributed by atoms with Gasteiger partial charge < -0.3 is 19.5 Å². The molecule has 3 aromatic carbocycles. The Balaban J connectivity index is 1.34. The van der Waals surface area contributed by atoms with Crippen LogP contribution in [0.4, 0.5) is 5.69 Å². The molecule has 186 valence electrons. The number of carbonyl (C=O) groups excluding carboxylic acids is 4. The van der Waals surface area contributed by atoms with E-state index in [9.17, 15) is 19.2 Å². The van der Waals surface area contributed by atoms with Crippen molar-refractivity contribution in [3.05, 3.63) is 84.4 Å². The zero-order valence-electron chi connectivity index (χ0n) is 19.5. The van der Waals surface area contributed by atoms with Crippen LogP contribution in [-0.4, -0.2) is 37.4 Å². The van der Waals surface area contributed by atoms with Crippen molar-refractivity contribution in [1.82, 2.24) is 10.9 Å². The molecule has 0 saturated heterocycles. The third-order valence-electron chi connectivity index (χ3n) is 4.71. The SMILES string of the molecule is COc1ccccc1Oc1ccc(NC(=O)CCC(=O)OCC(=O)NNC(=O)c2ccccc2)cc1. The van der Waals surface area contributed by atoms with Gasteiger partial charge in [-0.3, -0.25) is 30.0 Å². The van der Waals surface area contributed by atoms with Crippen LogP contribution in [0.2, 0.25) is 0 Å². The standard InChI is InChI=1S/C26H25N3O7/c1-34-21-9-5-6-10-22(21)36-20-13-11-19(12-14-20)27-23(30)15-16-25(32)35-17-24(31)28-29-26(33)18-7-3-2-4-8-18/h2-14H,15-17H2,1H3,(H,27,30)(H,28,31)(H,29,33). The van der Waals surface area contributed by atoms with Crippen LogP contribution in [0, 0.1) is 0 Å². The van der Waals surface area contributed by atoms with Crippen LogP contribution in [0.3, 0.4) is 0 Å². The molecule has 3 rings (SSSR count). The van der Waals surface area contributed by atoms with Crippen LogP contribution in [0.5, 0.6) is 17.2 Å². The molecule has 3 N–H and O–H groups in total. The molecule has 0 aliphatic carbocycles.